The van der Waals surface area contributed by atoms with Crippen LogP contribution in [-0.2, 0) is 30.6 Å². The number of amides is 1. The predicted octanol–water partition coefficient (Wildman–Crippen LogP) is 2.34. The van der Waals surface area contributed by atoms with E-state index in [4.69, 9.17) is 4.74 Å². The lowest BCUT2D eigenvalue weighted by Gasteiger charge is -2.09. The molecular formula is C19H18FNO5S. The maximum absolute atomic E-state index is 13.2. The fourth-order valence-electron chi connectivity index (χ4n) is 2.83. The standard InChI is InChI=1S/C19H18FNO5S/c20-15-3-1-2-13(10-15)11-18(22)21-16-4-6-17(7-5-16)27(24,25)12-14-8-9-26-19(14)23/h1-7,10,14H,8-9,11-12H2,(H,21,22). The van der Waals surface area contributed by atoms with Crippen molar-refractivity contribution in [2.24, 2.45) is 5.92 Å². The van der Waals surface area contributed by atoms with Crippen LogP contribution in [0.4, 0.5) is 10.1 Å². The van der Waals surface area contributed by atoms with Crippen LogP contribution in [-0.4, -0.2) is 32.7 Å². The highest BCUT2D eigenvalue weighted by molar-refractivity contribution is 7.91. The molecule has 6 nitrogen and oxygen atoms in total. The Morgan fingerprint density at radius 1 is 1.19 bits per heavy atom. The summed E-state index contributed by atoms with van der Waals surface area (Å²) in [5.74, 6) is -2.18. The summed E-state index contributed by atoms with van der Waals surface area (Å²) in [5, 5.41) is 2.64. The Kier molecular flexibility index (Phi) is 5.55. The van der Waals surface area contributed by atoms with Crippen molar-refractivity contribution in [2.75, 3.05) is 17.7 Å². The van der Waals surface area contributed by atoms with Crippen molar-refractivity contribution in [1.29, 1.82) is 0 Å². The number of halogens is 1. The van der Waals surface area contributed by atoms with Gasteiger partial charge in [0.15, 0.2) is 9.84 Å². The number of rotatable bonds is 6. The summed E-state index contributed by atoms with van der Waals surface area (Å²) in [6.07, 6.45) is 0.397. The molecule has 1 atom stereocenters. The molecule has 0 spiro atoms. The van der Waals surface area contributed by atoms with E-state index >= 15 is 0 Å². The summed E-state index contributed by atoms with van der Waals surface area (Å²) in [5.41, 5.74) is 0.964. The van der Waals surface area contributed by atoms with Crippen molar-refractivity contribution in [2.45, 2.75) is 17.7 Å². The van der Waals surface area contributed by atoms with Gasteiger partial charge in [0, 0.05) is 5.69 Å². The van der Waals surface area contributed by atoms with Gasteiger partial charge in [0.25, 0.3) is 0 Å². The lowest BCUT2D eigenvalue weighted by Crippen LogP contribution is -2.20. The molecule has 1 aliphatic rings. The van der Waals surface area contributed by atoms with Gasteiger partial charge in [-0.25, -0.2) is 12.8 Å². The molecule has 0 aromatic heterocycles. The van der Waals surface area contributed by atoms with Crippen LogP contribution >= 0.6 is 0 Å². The summed E-state index contributed by atoms with van der Waals surface area (Å²) in [6.45, 7) is 0.245. The Morgan fingerprint density at radius 3 is 2.56 bits per heavy atom. The molecule has 0 saturated carbocycles. The van der Waals surface area contributed by atoms with Crippen LogP contribution in [0.1, 0.15) is 12.0 Å². The number of sulfone groups is 1. The second-order valence-electron chi connectivity index (χ2n) is 6.31. The number of carbonyl (C=O) groups excluding carboxylic acids is 2. The van der Waals surface area contributed by atoms with Gasteiger partial charge in [-0.2, -0.15) is 0 Å². The molecule has 1 fully saturated rings. The first-order valence-corrected chi connectivity index (χ1v) is 10.0. The molecule has 3 rings (SSSR count). The minimum absolute atomic E-state index is 0.00159. The van der Waals surface area contributed by atoms with Crippen molar-refractivity contribution >= 4 is 27.4 Å². The average Bonchev–Trinajstić information content (AvgIpc) is 2.99. The summed E-state index contributed by atoms with van der Waals surface area (Å²) in [4.78, 5) is 23.6. The molecule has 1 N–H and O–H groups in total. The fraction of sp³-hybridized carbons (Fsp3) is 0.263. The van der Waals surface area contributed by atoms with Gasteiger partial charge in [0.2, 0.25) is 5.91 Å². The van der Waals surface area contributed by atoms with E-state index in [0.717, 1.165) is 0 Å². The molecule has 1 saturated heterocycles. The molecule has 142 valence electrons. The third kappa shape index (κ3) is 4.91. The van der Waals surface area contributed by atoms with Crippen LogP contribution in [0.15, 0.2) is 53.4 Å². The zero-order valence-electron chi connectivity index (χ0n) is 14.4. The van der Waals surface area contributed by atoms with Gasteiger partial charge in [0.05, 0.1) is 29.6 Å². The van der Waals surface area contributed by atoms with Crippen molar-refractivity contribution < 1.29 is 27.1 Å². The van der Waals surface area contributed by atoms with E-state index in [2.05, 4.69) is 5.32 Å². The number of carbonyl (C=O) groups is 2. The number of hydrogen-bond acceptors (Lipinski definition) is 5. The van der Waals surface area contributed by atoms with Gasteiger partial charge < -0.3 is 10.1 Å². The summed E-state index contributed by atoms with van der Waals surface area (Å²) >= 11 is 0. The molecule has 27 heavy (non-hydrogen) atoms. The molecule has 0 bridgehead atoms. The fourth-order valence-corrected chi connectivity index (χ4v) is 4.41. The molecule has 0 radical (unpaired) electrons. The number of nitrogens with one attached hydrogen (secondary N) is 1. The summed E-state index contributed by atoms with van der Waals surface area (Å²) < 4.78 is 42.8. The van der Waals surface area contributed by atoms with Gasteiger partial charge in [-0.15, -0.1) is 0 Å². The van der Waals surface area contributed by atoms with Crippen molar-refractivity contribution in [3.8, 4) is 0 Å². The molecule has 2 aromatic carbocycles. The molecule has 8 heteroatoms. The van der Waals surface area contributed by atoms with Gasteiger partial charge in [-0.3, -0.25) is 9.59 Å². The molecule has 1 unspecified atom stereocenters. The third-order valence-electron chi connectivity index (χ3n) is 4.22. The number of ether oxygens (including phenoxy) is 1. The second kappa shape index (κ2) is 7.87. The monoisotopic (exact) mass is 391 g/mol. The summed E-state index contributed by atoms with van der Waals surface area (Å²) in [6, 6.07) is 11.5. The highest BCUT2D eigenvalue weighted by Crippen LogP contribution is 2.22. The largest absolute Gasteiger partial charge is 0.465 e. The first-order valence-electron chi connectivity index (χ1n) is 8.37. The SMILES string of the molecule is O=C(Cc1cccc(F)c1)Nc1ccc(S(=O)(=O)CC2CCOC2=O)cc1. The maximum atomic E-state index is 13.2. The van der Waals surface area contributed by atoms with Crippen molar-refractivity contribution in [3.05, 3.63) is 59.9 Å². The highest BCUT2D eigenvalue weighted by atomic mass is 32.2. The van der Waals surface area contributed by atoms with Crippen LogP contribution in [0.5, 0.6) is 0 Å². The number of hydrogen-bond donors (Lipinski definition) is 1. The Morgan fingerprint density at radius 2 is 1.93 bits per heavy atom. The van der Waals surface area contributed by atoms with Gasteiger partial charge in [-0.1, -0.05) is 12.1 Å². The normalized spacial score (nSPS) is 16.8. The van der Waals surface area contributed by atoms with Crippen LogP contribution in [0.3, 0.4) is 0 Å². The average molecular weight is 391 g/mol. The van der Waals surface area contributed by atoms with E-state index in [0.29, 0.717) is 17.7 Å². The van der Waals surface area contributed by atoms with Crippen molar-refractivity contribution in [3.63, 3.8) is 0 Å². The smallest absolute Gasteiger partial charge is 0.310 e. The predicted molar refractivity (Wildman–Crippen MR) is 96.3 cm³/mol. The minimum Gasteiger partial charge on any atom is -0.465 e. The molecule has 0 aliphatic carbocycles. The number of esters is 1. The Bertz CT molecular complexity index is 956. The first kappa shape index (κ1) is 19.0. The maximum Gasteiger partial charge on any atom is 0.310 e. The van der Waals surface area contributed by atoms with Gasteiger partial charge in [-0.05, 0) is 48.4 Å². The number of benzene rings is 2. The van der Waals surface area contributed by atoms with E-state index in [-0.39, 0.29) is 29.6 Å². The van der Waals surface area contributed by atoms with E-state index < -0.39 is 27.5 Å². The molecule has 1 amide bonds. The molecule has 1 heterocycles. The van der Waals surface area contributed by atoms with Crippen molar-refractivity contribution in [1.82, 2.24) is 0 Å². The number of anilines is 1. The number of cyclic esters (lactones) is 1. The molecule has 1 aliphatic heterocycles. The topological polar surface area (TPSA) is 89.5 Å². The van der Waals surface area contributed by atoms with E-state index in [1.54, 1.807) is 6.07 Å². The lowest BCUT2D eigenvalue weighted by molar-refractivity contribution is -0.140. The van der Waals surface area contributed by atoms with E-state index in [1.807, 2.05) is 0 Å². The molecule has 2 aromatic rings. The zero-order chi connectivity index (χ0) is 19.4. The highest BCUT2D eigenvalue weighted by Gasteiger charge is 2.32. The van der Waals surface area contributed by atoms with E-state index in [1.165, 1.54) is 42.5 Å². The second-order valence-corrected chi connectivity index (χ2v) is 8.35. The Labute approximate surface area is 156 Å². The molecular weight excluding hydrogens is 373 g/mol. The van der Waals surface area contributed by atoms with Crippen LogP contribution in [0, 0.1) is 11.7 Å². The Hall–Kier alpha value is -2.74. The quantitative estimate of drug-likeness (QED) is 0.764. The first-order chi connectivity index (χ1) is 12.8. The Balaban J connectivity index is 1.62. The van der Waals surface area contributed by atoms with Crippen LogP contribution in [0.2, 0.25) is 0 Å². The van der Waals surface area contributed by atoms with Crippen LogP contribution < -0.4 is 5.32 Å². The lowest BCUT2D eigenvalue weighted by atomic mass is 10.1. The minimum atomic E-state index is -3.63. The summed E-state index contributed by atoms with van der Waals surface area (Å²) in [7, 11) is -3.63. The van der Waals surface area contributed by atoms with Crippen LogP contribution in [0.25, 0.3) is 0 Å². The van der Waals surface area contributed by atoms with E-state index in [9.17, 15) is 22.4 Å². The van der Waals surface area contributed by atoms with Gasteiger partial charge >= 0.3 is 5.97 Å². The third-order valence-corrected chi connectivity index (χ3v) is 6.05. The van der Waals surface area contributed by atoms with Gasteiger partial charge in [0.1, 0.15) is 5.82 Å². The zero-order valence-corrected chi connectivity index (χ0v) is 15.2.